The van der Waals surface area contributed by atoms with E-state index in [-0.39, 0.29) is 24.8 Å². The molecule has 0 spiro atoms. The van der Waals surface area contributed by atoms with E-state index in [1.54, 1.807) is 6.07 Å². The van der Waals surface area contributed by atoms with Crippen LogP contribution in [0.25, 0.3) is 0 Å². The first-order valence-electron chi connectivity index (χ1n) is 6.40. The minimum Gasteiger partial charge on any atom is -0.394 e. The maximum Gasteiger partial charge on any atom is 0.224 e. The number of benzene rings is 1. The van der Waals surface area contributed by atoms with Crippen LogP contribution in [0.3, 0.4) is 0 Å². The topological polar surface area (TPSA) is 49.3 Å². The Morgan fingerprint density at radius 2 is 2.11 bits per heavy atom. The van der Waals surface area contributed by atoms with Crippen LogP contribution in [0.1, 0.15) is 31.2 Å². The van der Waals surface area contributed by atoms with E-state index in [9.17, 15) is 14.3 Å². The summed E-state index contributed by atoms with van der Waals surface area (Å²) in [6, 6.07) is 4.29. The second-order valence-electron chi connectivity index (χ2n) is 5.11. The van der Waals surface area contributed by atoms with Crippen LogP contribution in [0.15, 0.2) is 22.7 Å². The van der Waals surface area contributed by atoms with Crippen molar-refractivity contribution in [3.8, 4) is 0 Å². The highest BCUT2D eigenvalue weighted by Crippen LogP contribution is 2.29. The molecule has 0 bridgehead atoms. The van der Waals surface area contributed by atoms with Gasteiger partial charge < -0.3 is 10.4 Å². The third-order valence-corrected chi connectivity index (χ3v) is 4.40. The number of carbonyl (C=O) groups is 1. The van der Waals surface area contributed by atoms with Crippen LogP contribution in [0.2, 0.25) is 0 Å². The molecule has 1 fully saturated rings. The van der Waals surface area contributed by atoms with Crippen molar-refractivity contribution in [1.82, 2.24) is 5.32 Å². The van der Waals surface area contributed by atoms with Crippen LogP contribution >= 0.6 is 15.9 Å². The lowest BCUT2D eigenvalue weighted by Gasteiger charge is -2.28. The van der Waals surface area contributed by atoms with Crippen molar-refractivity contribution in [3.05, 3.63) is 34.1 Å². The van der Waals surface area contributed by atoms with Gasteiger partial charge in [0.1, 0.15) is 5.82 Å². The average Bonchev–Trinajstić information content (AvgIpc) is 2.83. The largest absolute Gasteiger partial charge is 0.394 e. The van der Waals surface area contributed by atoms with Crippen molar-refractivity contribution < 1.29 is 14.3 Å². The Labute approximate surface area is 120 Å². The fourth-order valence-corrected chi connectivity index (χ4v) is 2.95. The van der Waals surface area contributed by atoms with Gasteiger partial charge in [0.05, 0.1) is 18.6 Å². The van der Waals surface area contributed by atoms with Crippen molar-refractivity contribution in [1.29, 1.82) is 0 Å². The zero-order chi connectivity index (χ0) is 13.9. The van der Waals surface area contributed by atoms with E-state index in [1.165, 1.54) is 12.1 Å². The van der Waals surface area contributed by atoms with Gasteiger partial charge in [0.2, 0.25) is 5.91 Å². The summed E-state index contributed by atoms with van der Waals surface area (Å²) >= 11 is 3.31. The lowest BCUT2D eigenvalue weighted by atomic mass is 9.98. The molecule has 2 N–H and O–H groups in total. The van der Waals surface area contributed by atoms with E-state index < -0.39 is 5.54 Å². The van der Waals surface area contributed by atoms with Gasteiger partial charge in [-0.05, 0) is 36.6 Å². The Balaban J connectivity index is 2.03. The molecule has 0 aliphatic heterocycles. The third-order valence-electron chi connectivity index (χ3n) is 3.63. The number of carbonyl (C=O) groups excluding carboxylic acids is 1. The SMILES string of the molecule is O=C(Cc1cc(F)ccc1Br)NC1(CO)CCCC1. The molecule has 0 atom stereocenters. The second kappa shape index (κ2) is 6.01. The van der Waals surface area contributed by atoms with Gasteiger partial charge in [-0.2, -0.15) is 0 Å². The zero-order valence-corrected chi connectivity index (χ0v) is 12.2. The van der Waals surface area contributed by atoms with Gasteiger partial charge in [0, 0.05) is 4.47 Å². The predicted molar refractivity (Wildman–Crippen MR) is 74.2 cm³/mol. The highest BCUT2D eigenvalue weighted by Gasteiger charge is 2.34. The Bertz CT molecular complexity index is 473. The molecule has 0 radical (unpaired) electrons. The fraction of sp³-hybridized carbons (Fsp3) is 0.500. The molecule has 19 heavy (non-hydrogen) atoms. The van der Waals surface area contributed by atoms with Crippen molar-refractivity contribution in [2.45, 2.75) is 37.6 Å². The molecule has 0 aromatic heterocycles. The number of hydrogen-bond donors (Lipinski definition) is 2. The Morgan fingerprint density at radius 3 is 2.74 bits per heavy atom. The number of nitrogens with one attached hydrogen (secondary N) is 1. The van der Waals surface area contributed by atoms with E-state index in [4.69, 9.17) is 0 Å². The Kier molecular flexibility index (Phi) is 4.58. The Morgan fingerprint density at radius 1 is 1.42 bits per heavy atom. The second-order valence-corrected chi connectivity index (χ2v) is 5.96. The maximum atomic E-state index is 13.2. The average molecular weight is 330 g/mol. The standard InChI is InChI=1S/C14H17BrFNO2/c15-12-4-3-11(16)7-10(12)8-13(19)17-14(9-18)5-1-2-6-14/h3-4,7,18H,1-2,5-6,8-9H2,(H,17,19). The summed E-state index contributed by atoms with van der Waals surface area (Å²) in [6.07, 6.45) is 3.76. The summed E-state index contributed by atoms with van der Waals surface area (Å²) in [5, 5.41) is 12.4. The van der Waals surface area contributed by atoms with Crippen molar-refractivity contribution in [2.24, 2.45) is 0 Å². The highest BCUT2D eigenvalue weighted by atomic mass is 79.9. The summed E-state index contributed by atoms with van der Waals surface area (Å²) in [6.45, 7) is -0.0386. The first kappa shape index (κ1) is 14.5. The summed E-state index contributed by atoms with van der Waals surface area (Å²) < 4.78 is 13.9. The van der Waals surface area contributed by atoms with Gasteiger partial charge in [0.15, 0.2) is 0 Å². The number of rotatable bonds is 4. The molecule has 0 unspecified atom stereocenters. The van der Waals surface area contributed by atoms with Crippen LogP contribution in [-0.2, 0) is 11.2 Å². The molecule has 2 rings (SSSR count). The lowest BCUT2D eigenvalue weighted by molar-refractivity contribution is -0.122. The molecule has 3 nitrogen and oxygen atoms in total. The smallest absolute Gasteiger partial charge is 0.224 e. The van der Waals surface area contributed by atoms with Gasteiger partial charge in [-0.1, -0.05) is 28.8 Å². The molecule has 0 heterocycles. The number of halogens is 2. The maximum absolute atomic E-state index is 13.2. The first-order valence-corrected chi connectivity index (χ1v) is 7.20. The summed E-state index contributed by atoms with van der Waals surface area (Å²) in [4.78, 5) is 12.0. The molecule has 1 saturated carbocycles. The van der Waals surface area contributed by atoms with Gasteiger partial charge in [-0.25, -0.2) is 4.39 Å². The van der Waals surface area contributed by atoms with Crippen LogP contribution in [-0.4, -0.2) is 23.2 Å². The highest BCUT2D eigenvalue weighted by molar-refractivity contribution is 9.10. The van der Waals surface area contributed by atoms with Gasteiger partial charge in [-0.3, -0.25) is 4.79 Å². The summed E-state index contributed by atoms with van der Waals surface area (Å²) in [5.74, 6) is -0.536. The molecular weight excluding hydrogens is 313 g/mol. The Hall–Kier alpha value is -0.940. The van der Waals surface area contributed by atoms with Crippen molar-refractivity contribution in [3.63, 3.8) is 0 Å². The molecule has 1 aliphatic carbocycles. The van der Waals surface area contributed by atoms with E-state index >= 15 is 0 Å². The molecule has 1 amide bonds. The van der Waals surface area contributed by atoms with Crippen molar-refractivity contribution >= 4 is 21.8 Å². The molecule has 1 aliphatic rings. The first-order chi connectivity index (χ1) is 9.04. The monoisotopic (exact) mass is 329 g/mol. The molecule has 1 aromatic carbocycles. The number of hydrogen-bond acceptors (Lipinski definition) is 2. The third kappa shape index (κ3) is 3.54. The van der Waals surface area contributed by atoms with Gasteiger partial charge >= 0.3 is 0 Å². The summed E-state index contributed by atoms with van der Waals surface area (Å²) in [7, 11) is 0. The molecule has 104 valence electrons. The van der Waals surface area contributed by atoms with Crippen LogP contribution in [0, 0.1) is 5.82 Å². The summed E-state index contributed by atoms with van der Waals surface area (Å²) in [5.41, 5.74) is 0.139. The molecular formula is C14H17BrFNO2. The fourth-order valence-electron chi connectivity index (χ4n) is 2.57. The zero-order valence-electron chi connectivity index (χ0n) is 10.6. The molecule has 1 aromatic rings. The van der Waals surface area contributed by atoms with Crippen LogP contribution in [0.5, 0.6) is 0 Å². The normalized spacial score (nSPS) is 17.4. The number of aliphatic hydroxyl groups excluding tert-OH is 1. The van der Waals surface area contributed by atoms with Crippen molar-refractivity contribution in [2.75, 3.05) is 6.61 Å². The number of amides is 1. The predicted octanol–water partition coefficient (Wildman–Crippen LogP) is 2.55. The quantitative estimate of drug-likeness (QED) is 0.891. The van der Waals surface area contributed by atoms with Crippen LogP contribution in [0.4, 0.5) is 4.39 Å². The lowest BCUT2D eigenvalue weighted by Crippen LogP contribution is -2.49. The number of aliphatic hydroxyl groups is 1. The minimum absolute atomic E-state index is 0.0386. The van der Waals surface area contributed by atoms with Gasteiger partial charge in [-0.15, -0.1) is 0 Å². The molecule has 5 heteroatoms. The minimum atomic E-state index is -0.475. The van der Waals surface area contributed by atoms with E-state index in [1.807, 2.05) is 0 Å². The van der Waals surface area contributed by atoms with E-state index in [0.29, 0.717) is 10.0 Å². The van der Waals surface area contributed by atoms with E-state index in [0.717, 1.165) is 25.7 Å². The van der Waals surface area contributed by atoms with E-state index in [2.05, 4.69) is 21.2 Å². The van der Waals surface area contributed by atoms with Gasteiger partial charge in [0.25, 0.3) is 0 Å². The molecule has 0 saturated heterocycles. The van der Waals surface area contributed by atoms with Crippen LogP contribution < -0.4 is 5.32 Å².